The van der Waals surface area contributed by atoms with Crippen LogP contribution < -0.4 is 0 Å². The van der Waals surface area contributed by atoms with Crippen molar-refractivity contribution >= 4 is 37.7 Å². The van der Waals surface area contributed by atoms with Gasteiger partial charge in [0.25, 0.3) is 0 Å². The number of unbranched alkanes of at least 4 members (excludes halogenated alkanes) is 9. The van der Waals surface area contributed by atoms with Gasteiger partial charge in [0, 0.05) is 13.2 Å². The van der Waals surface area contributed by atoms with Crippen molar-refractivity contribution in [2.45, 2.75) is 91.4 Å². The van der Waals surface area contributed by atoms with Crippen LogP contribution in [0.4, 0.5) is 0 Å². The molecule has 0 bridgehead atoms. The summed E-state index contributed by atoms with van der Waals surface area (Å²) in [5.41, 5.74) is 4.26. The van der Waals surface area contributed by atoms with E-state index in [4.69, 9.17) is 4.74 Å². The molecule has 0 aliphatic heterocycles. The zero-order valence-electron chi connectivity index (χ0n) is 22.0. The van der Waals surface area contributed by atoms with E-state index in [2.05, 4.69) is 61.5 Å². The largest absolute Gasteiger partial charge is 2.00 e. The summed E-state index contributed by atoms with van der Waals surface area (Å²) in [5.74, 6) is 0. The average Bonchev–Trinajstić information content (AvgIpc) is 2.77. The van der Waals surface area contributed by atoms with E-state index in [1.807, 2.05) is 13.8 Å². The molecular formula is C28H46CaO. The van der Waals surface area contributed by atoms with Gasteiger partial charge in [-0.05, 0) is 43.4 Å². The minimum atomic E-state index is 0. The molecule has 0 radical (unpaired) electrons. The zero-order valence-corrected chi connectivity index (χ0v) is 22.2. The van der Waals surface area contributed by atoms with E-state index in [9.17, 15) is 0 Å². The maximum absolute atomic E-state index is 4.83. The third-order valence-corrected chi connectivity index (χ3v) is 5.31. The quantitative estimate of drug-likeness (QED) is 0.212. The zero-order chi connectivity index (χ0) is 21.0. The molecule has 0 amide bonds. The van der Waals surface area contributed by atoms with Gasteiger partial charge in [0.15, 0.2) is 0 Å². The molecule has 0 heterocycles. The Labute approximate surface area is 220 Å². The van der Waals surface area contributed by atoms with Crippen molar-refractivity contribution in [2.24, 2.45) is 0 Å². The molecule has 0 aliphatic carbocycles. The van der Waals surface area contributed by atoms with Crippen LogP contribution in [-0.2, 0) is 11.2 Å². The first-order valence-corrected chi connectivity index (χ1v) is 12.0. The molecule has 0 spiro atoms. The van der Waals surface area contributed by atoms with E-state index in [0.29, 0.717) is 0 Å². The molecule has 0 fully saturated rings. The van der Waals surface area contributed by atoms with Crippen LogP contribution >= 0.6 is 0 Å². The predicted octanol–water partition coefficient (Wildman–Crippen LogP) is 8.70. The Bertz CT molecular complexity index is 605. The summed E-state index contributed by atoms with van der Waals surface area (Å²) >= 11 is 0. The Kier molecular flexibility index (Phi) is 21.6. The minimum Gasteiger partial charge on any atom is -1.00 e. The second-order valence-corrected chi connectivity index (χ2v) is 7.74. The Morgan fingerprint density at radius 3 is 1.63 bits per heavy atom. The molecule has 0 saturated carbocycles. The van der Waals surface area contributed by atoms with Crippen LogP contribution in [-0.4, -0.2) is 51.0 Å². The molecular weight excluding hydrogens is 392 g/mol. The van der Waals surface area contributed by atoms with E-state index in [0.717, 1.165) is 13.2 Å². The maximum atomic E-state index is 4.83. The van der Waals surface area contributed by atoms with Crippen molar-refractivity contribution in [2.75, 3.05) is 13.2 Å². The normalized spacial score (nSPS) is 10.1. The monoisotopic (exact) mass is 438 g/mol. The van der Waals surface area contributed by atoms with Crippen molar-refractivity contribution in [1.29, 1.82) is 0 Å². The average molecular weight is 439 g/mol. The van der Waals surface area contributed by atoms with Crippen LogP contribution in [0, 0.1) is 0 Å². The maximum Gasteiger partial charge on any atom is 2.00 e. The van der Waals surface area contributed by atoms with Gasteiger partial charge in [-0.2, -0.15) is 0 Å². The van der Waals surface area contributed by atoms with Gasteiger partial charge in [-0.25, -0.2) is 0 Å². The number of aryl methyl sites for hydroxylation is 1. The van der Waals surface area contributed by atoms with Crippen LogP contribution in [0.25, 0.3) is 11.1 Å². The summed E-state index contributed by atoms with van der Waals surface area (Å²) in [5, 5.41) is 0. The van der Waals surface area contributed by atoms with Crippen molar-refractivity contribution in [3.05, 3.63) is 60.2 Å². The molecule has 1 nitrogen and oxygen atoms in total. The minimum absolute atomic E-state index is 0. The second-order valence-electron chi connectivity index (χ2n) is 7.74. The molecule has 166 valence electrons. The SMILES string of the molecule is CCCCCCCCCCCCc1ccccc1-c1ccccc1.CCOCC.[Ca+2].[H-].[H-]. The van der Waals surface area contributed by atoms with E-state index in [1.54, 1.807) is 0 Å². The summed E-state index contributed by atoms with van der Waals surface area (Å²) in [7, 11) is 0. The molecule has 2 aromatic carbocycles. The summed E-state index contributed by atoms with van der Waals surface area (Å²) < 4.78 is 4.83. The van der Waals surface area contributed by atoms with E-state index in [-0.39, 0.29) is 40.6 Å². The number of hydrogen-bond donors (Lipinski definition) is 0. The Balaban J connectivity index is -0.000000949. The molecule has 2 heteroatoms. The van der Waals surface area contributed by atoms with Crippen molar-refractivity contribution in [3.63, 3.8) is 0 Å². The van der Waals surface area contributed by atoms with Gasteiger partial charge in [-0.3, -0.25) is 0 Å². The van der Waals surface area contributed by atoms with Crippen LogP contribution in [0.3, 0.4) is 0 Å². The molecule has 30 heavy (non-hydrogen) atoms. The van der Waals surface area contributed by atoms with Gasteiger partial charge in [-0.1, -0.05) is 119 Å². The molecule has 0 atom stereocenters. The molecule has 0 unspecified atom stereocenters. The van der Waals surface area contributed by atoms with Crippen LogP contribution in [0.2, 0.25) is 0 Å². The summed E-state index contributed by atoms with van der Waals surface area (Å²) in [6.45, 7) is 7.95. The first-order valence-electron chi connectivity index (χ1n) is 12.0. The van der Waals surface area contributed by atoms with Crippen molar-refractivity contribution in [3.8, 4) is 11.1 Å². The second kappa shape index (κ2) is 21.9. The molecule has 0 aliphatic rings. The third kappa shape index (κ3) is 14.6. The molecule has 0 saturated heterocycles. The number of benzene rings is 2. The fourth-order valence-electron chi connectivity index (χ4n) is 3.64. The van der Waals surface area contributed by atoms with Crippen molar-refractivity contribution in [1.82, 2.24) is 0 Å². The van der Waals surface area contributed by atoms with Gasteiger partial charge >= 0.3 is 37.7 Å². The van der Waals surface area contributed by atoms with Gasteiger partial charge in [0.1, 0.15) is 0 Å². The first kappa shape index (κ1) is 29.7. The number of hydrogen-bond acceptors (Lipinski definition) is 1. The number of ether oxygens (including phenoxy) is 1. The van der Waals surface area contributed by atoms with E-state index in [1.165, 1.54) is 87.3 Å². The summed E-state index contributed by atoms with van der Waals surface area (Å²) in [4.78, 5) is 0. The standard InChI is InChI=1S/C24H34.C4H10O.Ca.2H/c1-2-3-4-5-6-7-8-9-10-12-17-23-20-15-16-21-24(23)22-18-13-11-14-19-22;1-3-5-4-2;;;/h11,13-16,18-21H,2-10,12,17H2,1H3;3-4H2,1-2H3;;;/q;;+2;2*-1. The Hall–Kier alpha value is -0.340. The van der Waals surface area contributed by atoms with E-state index >= 15 is 0 Å². The van der Waals surface area contributed by atoms with Gasteiger partial charge in [-0.15, -0.1) is 0 Å². The van der Waals surface area contributed by atoms with Crippen LogP contribution in [0.1, 0.15) is 93.4 Å². The van der Waals surface area contributed by atoms with Gasteiger partial charge in [0.2, 0.25) is 0 Å². The van der Waals surface area contributed by atoms with Crippen molar-refractivity contribution < 1.29 is 7.59 Å². The van der Waals surface area contributed by atoms with E-state index < -0.39 is 0 Å². The fraction of sp³-hybridized carbons (Fsp3) is 0.571. The topological polar surface area (TPSA) is 9.23 Å². The molecule has 0 N–H and O–H groups in total. The van der Waals surface area contributed by atoms with Crippen LogP contribution in [0.15, 0.2) is 54.6 Å². The smallest absolute Gasteiger partial charge is 1.00 e. The summed E-state index contributed by atoms with van der Waals surface area (Å²) in [6.07, 6.45) is 15.3. The predicted molar refractivity (Wildman–Crippen MR) is 138 cm³/mol. The number of rotatable bonds is 14. The van der Waals surface area contributed by atoms with Gasteiger partial charge < -0.3 is 7.59 Å². The fourth-order valence-corrected chi connectivity index (χ4v) is 3.64. The molecule has 2 aromatic rings. The Morgan fingerprint density at radius 1 is 0.600 bits per heavy atom. The molecule has 0 aromatic heterocycles. The third-order valence-electron chi connectivity index (χ3n) is 5.31. The summed E-state index contributed by atoms with van der Waals surface area (Å²) in [6, 6.07) is 19.7. The first-order chi connectivity index (χ1) is 14.3. The van der Waals surface area contributed by atoms with Crippen LogP contribution in [0.5, 0.6) is 0 Å². The Morgan fingerprint density at radius 2 is 1.10 bits per heavy atom. The van der Waals surface area contributed by atoms with Gasteiger partial charge in [0.05, 0.1) is 0 Å². The molecule has 2 rings (SSSR count).